The van der Waals surface area contributed by atoms with Gasteiger partial charge in [0.05, 0.1) is 4.47 Å². The number of hydrogen-bond acceptors (Lipinski definition) is 3. The van der Waals surface area contributed by atoms with Crippen LogP contribution in [0, 0.1) is 0 Å². The Morgan fingerprint density at radius 3 is 3.08 bits per heavy atom. The number of nitrogens with one attached hydrogen (secondary N) is 1. The molecule has 1 rings (SSSR count). The number of rotatable bonds is 3. The molecule has 0 saturated heterocycles. The second kappa shape index (κ2) is 4.27. The van der Waals surface area contributed by atoms with Crippen LogP contribution in [-0.4, -0.2) is 19.7 Å². The van der Waals surface area contributed by atoms with E-state index >= 15 is 0 Å². The number of carbonyl (C=O) groups excluding carboxylic acids is 1. The van der Waals surface area contributed by atoms with Crippen LogP contribution in [0.1, 0.15) is 10.6 Å². The fourth-order valence-corrected chi connectivity index (χ4v) is 0.958. The Labute approximate surface area is 78.0 Å². The fourth-order valence-electron chi connectivity index (χ4n) is 0.657. The summed E-state index contributed by atoms with van der Waals surface area (Å²) in [5.41, 5.74) is 0. The van der Waals surface area contributed by atoms with Gasteiger partial charge >= 0.3 is 0 Å². The molecule has 0 unspecified atom stereocenters. The highest BCUT2D eigenvalue weighted by Crippen LogP contribution is 2.13. The molecule has 0 aliphatic carbocycles. The van der Waals surface area contributed by atoms with Crippen molar-refractivity contribution >= 4 is 21.8 Å². The van der Waals surface area contributed by atoms with Gasteiger partial charge < -0.3 is 14.5 Å². The molecule has 0 spiro atoms. The van der Waals surface area contributed by atoms with Crippen LogP contribution in [0.2, 0.25) is 0 Å². The van der Waals surface area contributed by atoms with Gasteiger partial charge in [0.25, 0.3) is 5.91 Å². The molecule has 12 heavy (non-hydrogen) atoms. The highest BCUT2D eigenvalue weighted by molar-refractivity contribution is 9.10. The first-order chi connectivity index (χ1) is 5.74. The van der Waals surface area contributed by atoms with Gasteiger partial charge in [-0.15, -0.1) is 0 Å². The highest BCUT2D eigenvalue weighted by atomic mass is 79.9. The molecule has 1 aromatic rings. The number of methoxy groups -OCH3 is 1. The second-order valence-corrected chi connectivity index (χ2v) is 2.98. The van der Waals surface area contributed by atoms with Gasteiger partial charge in [0, 0.05) is 13.2 Å². The van der Waals surface area contributed by atoms with Gasteiger partial charge in [-0.05, 0) is 15.9 Å². The molecule has 5 heteroatoms. The van der Waals surface area contributed by atoms with Crippen LogP contribution in [0.5, 0.6) is 0 Å². The van der Waals surface area contributed by atoms with E-state index in [1.165, 1.54) is 13.4 Å². The Morgan fingerprint density at radius 1 is 1.83 bits per heavy atom. The van der Waals surface area contributed by atoms with Crippen LogP contribution in [0.15, 0.2) is 21.2 Å². The third kappa shape index (κ3) is 2.35. The average Bonchev–Trinajstić information content (AvgIpc) is 2.47. The Balaban J connectivity index is 2.53. The minimum atomic E-state index is -0.289. The van der Waals surface area contributed by atoms with E-state index in [-0.39, 0.29) is 18.4 Å². The molecule has 0 radical (unpaired) electrons. The maximum atomic E-state index is 11.1. The van der Waals surface area contributed by atoms with Crippen molar-refractivity contribution < 1.29 is 13.9 Å². The number of halogens is 1. The van der Waals surface area contributed by atoms with Crippen LogP contribution in [-0.2, 0) is 4.74 Å². The molecular formula is C7H8BrNO3. The molecule has 1 heterocycles. The summed E-state index contributed by atoms with van der Waals surface area (Å²) in [4.78, 5) is 11.1. The van der Waals surface area contributed by atoms with Crippen LogP contribution in [0.25, 0.3) is 0 Å². The number of amides is 1. The zero-order valence-corrected chi connectivity index (χ0v) is 8.05. The molecule has 0 aromatic carbocycles. The first-order valence-electron chi connectivity index (χ1n) is 3.25. The SMILES string of the molecule is COCNC(=O)c1cc(Br)co1. The van der Waals surface area contributed by atoms with Crippen molar-refractivity contribution in [2.24, 2.45) is 0 Å². The van der Waals surface area contributed by atoms with Gasteiger partial charge in [-0.3, -0.25) is 4.79 Å². The van der Waals surface area contributed by atoms with E-state index in [9.17, 15) is 4.79 Å². The quantitative estimate of drug-likeness (QED) is 0.803. The molecule has 0 fully saturated rings. The lowest BCUT2D eigenvalue weighted by Gasteiger charge is -1.98. The van der Waals surface area contributed by atoms with E-state index < -0.39 is 0 Å². The van der Waals surface area contributed by atoms with E-state index in [0.717, 1.165) is 4.47 Å². The first kappa shape index (κ1) is 9.28. The fraction of sp³-hybridized carbons (Fsp3) is 0.286. The predicted molar refractivity (Wildman–Crippen MR) is 45.8 cm³/mol. The van der Waals surface area contributed by atoms with Gasteiger partial charge in [0.2, 0.25) is 0 Å². The van der Waals surface area contributed by atoms with Crippen molar-refractivity contribution in [3.8, 4) is 0 Å². The molecule has 0 aliphatic rings. The minimum Gasteiger partial charge on any atom is -0.458 e. The summed E-state index contributed by atoms with van der Waals surface area (Å²) in [6.07, 6.45) is 1.45. The lowest BCUT2D eigenvalue weighted by molar-refractivity contribution is 0.0844. The van der Waals surface area contributed by atoms with Crippen molar-refractivity contribution in [3.63, 3.8) is 0 Å². The Hall–Kier alpha value is -0.810. The van der Waals surface area contributed by atoms with Crippen LogP contribution >= 0.6 is 15.9 Å². The predicted octanol–water partition coefficient (Wildman–Crippen LogP) is 1.38. The number of ether oxygens (including phenoxy) is 1. The molecule has 0 atom stereocenters. The van der Waals surface area contributed by atoms with E-state index in [2.05, 4.69) is 26.0 Å². The second-order valence-electron chi connectivity index (χ2n) is 2.07. The summed E-state index contributed by atoms with van der Waals surface area (Å²) in [6, 6.07) is 1.59. The Morgan fingerprint density at radius 2 is 2.58 bits per heavy atom. The Bertz CT molecular complexity index is 271. The summed E-state index contributed by atoms with van der Waals surface area (Å²) in [6.45, 7) is 0.178. The lowest BCUT2D eigenvalue weighted by Crippen LogP contribution is -2.24. The van der Waals surface area contributed by atoms with Gasteiger partial charge in [0.1, 0.15) is 13.0 Å². The molecule has 1 aromatic heterocycles. The molecule has 1 N–H and O–H groups in total. The summed E-state index contributed by atoms with van der Waals surface area (Å²) < 4.78 is 10.3. The van der Waals surface area contributed by atoms with Crippen LogP contribution in [0.4, 0.5) is 0 Å². The number of hydrogen-bond donors (Lipinski definition) is 1. The molecule has 0 bridgehead atoms. The van der Waals surface area contributed by atoms with Crippen LogP contribution in [0.3, 0.4) is 0 Å². The monoisotopic (exact) mass is 233 g/mol. The van der Waals surface area contributed by atoms with Gasteiger partial charge in [-0.2, -0.15) is 0 Å². The standard InChI is InChI=1S/C7H8BrNO3/c1-11-4-9-7(10)6-2-5(8)3-12-6/h2-3H,4H2,1H3,(H,9,10). The maximum absolute atomic E-state index is 11.1. The topological polar surface area (TPSA) is 51.5 Å². The van der Waals surface area contributed by atoms with Gasteiger partial charge in [-0.1, -0.05) is 0 Å². The molecule has 0 aliphatic heterocycles. The number of furan rings is 1. The summed E-state index contributed by atoms with van der Waals surface area (Å²) in [5, 5.41) is 2.49. The third-order valence-electron chi connectivity index (χ3n) is 1.17. The average molecular weight is 234 g/mol. The summed E-state index contributed by atoms with van der Waals surface area (Å²) >= 11 is 3.16. The molecule has 4 nitrogen and oxygen atoms in total. The van der Waals surface area contributed by atoms with Crippen molar-refractivity contribution in [2.45, 2.75) is 0 Å². The lowest BCUT2D eigenvalue weighted by atomic mass is 10.4. The third-order valence-corrected chi connectivity index (χ3v) is 1.58. The van der Waals surface area contributed by atoms with E-state index in [1.54, 1.807) is 6.07 Å². The smallest absolute Gasteiger partial charge is 0.288 e. The van der Waals surface area contributed by atoms with Crippen molar-refractivity contribution in [3.05, 3.63) is 22.6 Å². The largest absolute Gasteiger partial charge is 0.458 e. The zero-order valence-electron chi connectivity index (χ0n) is 6.46. The molecule has 66 valence electrons. The first-order valence-corrected chi connectivity index (χ1v) is 4.04. The van der Waals surface area contributed by atoms with Crippen LogP contribution < -0.4 is 5.32 Å². The zero-order chi connectivity index (χ0) is 8.97. The molecule has 0 saturated carbocycles. The van der Waals surface area contributed by atoms with E-state index in [4.69, 9.17) is 4.42 Å². The maximum Gasteiger partial charge on any atom is 0.288 e. The minimum absolute atomic E-state index is 0.178. The normalized spacial score (nSPS) is 9.83. The van der Waals surface area contributed by atoms with Gasteiger partial charge in [-0.25, -0.2) is 0 Å². The molecular weight excluding hydrogens is 226 g/mol. The summed E-state index contributed by atoms with van der Waals surface area (Å²) in [7, 11) is 1.50. The summed E-state index contributed by atoms with van der Waals surface area (Å²) in [5.74, 6) is -0.0264. The van der Waals surface area contributed by atoms with E-state index in [1.807, 2.05) is 0 Å². The van der Waals surface area contributed by atoms with Crippen molar-refractivity contribution in [1.82, 2.24) is 5.32 Å². The Kier molecular flexibility index (Phi) is 3.31. The van der Waals surface area contributed by atoms with Crippen molar-refractivity contribution in [1.29, 1.82) is 0 Å². The number of carbonyl (C=O) groups is 1. The van der Waals surface area contributed by atoms with E-state index in [0.29, 0.717) is 0 Å². The highest BCUT2D eigenvalue weighted by Gasteiger charge is 2.08. The van der Waals surface area contributed by atoms with Gasteiger partial charge in [0.15, 0.2) is 5.76 Å². The van der Waals surface area contributed by atoms with Crippen molar-refractivity contribution in [2.75, 3.05) is 13.8 Å². The molecule has 1 amide bonds.